The Labute approximate surface area is 201 Å². The fourth-order valence-electron chi connectivity index (χ4n) is 3.43. The van der Waals surface area contributed by atoms with E-state index in [4.69, 9.17) is 21.7 Å². The van der Waals surface area contributed by atoms with Crippen LogP contribution in [0, 0.1) is 0 Å². The zero-order valence-corrected chi connectivity index (χ0v) is 19.2. The van der Waals surface area contributed by atoms with Gasteiger partial charge < -0.3 is 32.1 Å². The third kappa shape index (κ3) is 4.89. The monoisotopic (exact) mass is 500 g/mol. The van der Waals surface area contributed by atoms with Gasteiger partial charge in [-0.15, -0.1) is 11.3 Å². The molecule has 0 unspecified atom stereocenters. The lowest BCUT2D eigenvalue weighted by atomic mass is 10.0. The van der Waals surface area contributed by atoms with E-state index >= 15 is 0 Å². The largest absolute Gasteiger partial charge is 0.506 e. The smallest absolute Gasteiger partial charge is 0.320 e. The number of phenols is 1. The number of nitrogens with zero attached hydrogens (tertiary/aromatic N) is 1. The number of benzene rings is 2. The van der Waals surface area contributed by atoms with Crippen molar-refractivity contribution < 1.29 is 24.9 Å². The van der Waals surface area contributed by atoms with E-state index in [-0.39, 0.29) is 29.7 Å². The number of phenolic OH excluding ortho intramolecular Hbond substituents is 1. The van der Waals surface area contributed by atoms with Gasteiger partial charge in [0.05, 0.1) is 15.4 Å². The van der Waals surface area contributed by atoms with Crippen LogP contribution in [0.4, 0.5) is 5.69 Å². The summed E-state index contributed by atoms with van der Waals surface area (Å²) < 4.78 is 0. The number of hydrogen-bond acceptors (Lipinski definition) is 10. The molecule has 0 radical (unpaired) electrons. The summed E-state index contributed by atoms with van der Waals surface area (Å²) in [4.78, 5) is 41.7. The Bertz CT molecular complexity index is 1360. The number of anilines is 1. The predicted molar refractivity (Wildman–Crippen MR) is 129 cm³/mol. The van der Waals surface area contributed by atoms with Crippen molar-refractivity contribution in [3.8, 4) is 16.3 Å². The molecule has 4 rings (SSSR count). The molecule has 2 heterocycles. The molecule has 2 aliphatic heterocycles. The van der Waals surface area contributed by atoms with Crippen molar-refractivity contribution >= 4 is 45.6 Å². The molecule has 0 amide bonds. The van der Waals surface area contributed by atoms with Crippen molar-refractivity contribution in [1.82, 2.24) is 4.98 Å². The first kappa shape index (κ1) is 23.7. The van der Waals surface area contributed by atoms with E-state index in [9.17, 15) is 19.5 Å². The molecule has 34 heavy (non-hydrogen) atoms. The summed E-state index contributed by atoms with van der Waals surface area (Å²) in [5.41, 5.74) is 12.8. The zero-order valence-electron chi connectivity index (χ0n) is 17.5. The average Bonchev–Trinajstić information content (AvgIpc) is 2.78. The quantitative estimate of drug-likeness (QED) is 0.259. The van der Waals surface area contributed by atoms with E-state index in [0.717, 1.165) is 9.78 Å². The maximum absolute atomic E-state index is 12.5. The molecule has 3 aliphatic rings. The van der Waals surface area contributed by atoms with E-state index in [2.05, 4.69) is 10.3 Å². The van der Waals surface area contributed by atoms with E-state index in [1.165, 1.54) is 35.2 Å². The Balaban J connectivity index is 1.65. The van der Waals surface area contributed by atoms with Gasteiger partial charge in [-0.3, -0.25) is 14.4 Å². The number of carboxylic acids is 2. The van der Waals surface area contributed by atoms with Crippen LogP contribution in [0.5, 0.6) is 5.75 Å². The molecule has 12 heteroatoms. The highest BCUT2D eigenvalue weighted by atomic mass is 32.2. The number of carboxylic acid groups (broad SMARTS) is 2. The number of aromatic hydroxyl groups is 1. The first-order valence-corrected chi connectivity index (χ1v) is 11.7. The van der Waals surface area contributed by atoms with Gasteiger partial charge in [0.25, 0.3) is 0 Å². The summed E-state index contributed by atoms with van der Waals surface area (Å²) in [5.74, 6) is -2.30. The van der Waals surface area contributed by atoms with Crippen LogP contribution < -0.4 is 22.2 Å². The van der Waals surface area contributed by atoms with Crippen molar-refractivity contribution in [3.63, 3.8) is 0 Å². The van der Waals surface area contributed by atoms with E-state index < -0.39 is 24.0 Å². The maximum atomic E-state index is 12.5. The lowest BCUT2D eigenvalue weighted by Gasteiger charge is -2.20. The fraction of sp³-hybridized carbons (Fsp3) is 0.182. The van der Waals surface area contributed by atoms with E-state index in [1.807, 2.05) is 0 Å². The van der Waals surface area contributed by atoms with Crippen molar-refractivity contribution in [2.24, 2.45) is 11.5 Å². The van der Waals surface area contributed by atoms with E-state index in [1.54, 1.807) is 24.5 Å². The Morgan fingerprint density at radius 3 is 2.29 bits per heavy atom. The summed E-state index contributed by atoms with van der Waals surface area (Å²) in [5, 5.41) is 31.5. The number of nitrogens with two attached hydrogens (primary N) is 2. The molecule has 1 aliphatic carbocycles. The number of thioether (sulfide) groups is 1. The lowest BCUT2D eigenvalue weighted by molar-refractivity contribution is -0.139. The minimum atomic E-state index is -1.15. The molecular formula is C22H20N4O6S2. The predicted octanol–water partition coefficient (Wildman–Crippen LogP) is 1.74. The molecular weight excluding hydrogens is 480 g/mol. The first-order valence-electron chi connectivity index (χ1n) is 10.0. The Kier molecular flexibility index (Phi) is 6.57. The van der Waals surface area contributed by atoms with Gasteiger partial charge in [-0.2, -0.15) is 0 Å². The zero-order chi connectivity index (χ0) is 24.6. The second-order valence-electron chi connectivity index (χ2n) is 7.71. The van der Waals surface area contributed by atoms with Crippen LogP contribution in [0.25, 0.3) is 15.5 Å². The van der Waals surface area contributed by atoms with Gasteiger partial charge in [0.15, 0.2) is 0 Å². The second-order valence-corrected chi connectivity index (χ2v) is 9.87. The summed E-state index contributed by atoms with van der Waals surface area (Å²) in [6.07, 6.45) is 3.36. The molecule has 8 N–H and O–H groups in total. The Morgan fingerprint density at radius 1 is 1.00 bits per heavy atom. The van der Waals surface area contributed by atoms with Crippen molar-refractivity contribution in [1.29, 1.82) is 0 Å². The van der Waals surface area contributed by atoms with Crippen molar-refractivity contribution in [2.45, 2.75) is 29.8 Å². The lowest BCUT2D eigenvalue weighted by Crippen LogP contribution is -2.32. The van der Waals surface area contributed by atoms with Crippen molar-refractivity contribution in [2.75, 3.05) is 5.32 Å². The van der Waals surface area contributed by atoms with Crippen LogP contribution in [-0.4, -0.2) is 44.3 Å². The standard InChI is InChI=1S/C22H20N4O6S2/c23-11(21(29)30)1-9-3-13(27)19-15(5-9)33-17(7-25-19)18-8-26-20-14(28)4-10(6-16(20)34-18)2-12(24)22(31)32/h3-8,11-12,25,27H,1-2,23-24H2,(H,29,30)(H,31,32)/t11-,12-/m0/s1. The maximum Gasteiger partial charge on any atom is 0.320 e. The highest BCUT2D eigenvalue weighted by Crippen LogP contribution is 2.47. The van der Waals surface area contributed by atoms with Crippen LogP contribution in [-0.2, 0) is 22.4 Å². The molecule has 1 aromatic rings. The third-order valence-electron chi connectivity index (χ3n) is 5.13. The minimum absolute atomic E-state index is 0.0182. The number of rotatable bonds is 7. The van der Waals surface area contributed by atoms with Crippen LogP contribution in [0.1, 0.15) is 16.0 Å². The van der Waals surface area contributed by atoms with E-state index in [0.29, 0.717) is 26.6 Å². The highest BCUT2D eigenvalue weighted by molar-refractivity contribution is 8.08. The van der Waals surface area contributed by atoms with Gasteiger partial charge in [-0.05, 0) is 48.2 Å². The third-order valence-corrected chi connectivity index (χ3v) is 7.43. The van der Waals surface area contributed by atoms with Gasteiger partial charge >= 0.3 is 11.9 Å². The Hall–Kier alpha value is -3.45. The molecule has 0 fully saturated rings. The molecule has 1 aromatic carbocycles. The number of nitrogens with one attached hydrogen (secondary N) is 1. The van der Waals surface area contributed by atoms with Gasteiger partial charge in [-0.25, -0.2) is 4.98 Å². The topological polar surface area (TPSA) is 189 Å². The molecule has 2 atom stereocenters. The van der Waals surface area contributed by atoms with Crippen LogP contribution in [0.15, 0.2) is 46.4 Å². The molecule has 0 saturated heterocycles. The first-order chi connectivity index (χ1) is 16.1. The number of aromatic nitrogens is 1. The Morgan fingerprint density at radius 2 is 1.65 bits per heavy atom. The molecule has 0 spiro atoms. The van der Waals surface area contributed by atoms with Gasteiger partial charge in [-0.1, -0.05) is 11.8 Å². The molecule has 0 aromatic heterocycles. The summed E-state index contributed by atoms with van der Waals surface area (Å²) in [6, 6.07) is 4.10. The fourth-order valence-corrected chi connectivity index (χ4v) is 5.63. The number of hydrogen-bond donors (Lipinski definition) is 6. The number of aliphatic carboxylic acids is 2. The SMILES string of the molecule is N[C@@H](Cc1cc(O)c2c(c1)SC(c1cnc3c(=O)cc(C[C@H](N)C(=O)O)cc-3s1)=CN2)C(=O)O. The number of carbonyl (C=O) groups is 2. The summed E-state index contributed by atoms with van der Waals surface area (Å²) in [7, 11) is 0. The van der Waals surface area contributed by atoms with Gasteiger partial charge in [0, 0.05) is 22.2 Å². The minimum Gasteiger partial charge on any atom is -0.506 e. The van der Waals surface area contributed by atoms with Gasteiger partial charge in [0.2, 0.25) is 5.43 Å². The molecule has 0 saturated carbocycles. The average molecular weight is 501 g/mol. The molecule has 10 nitrogen and oxygen atoms in total. The van der Waals surface area contributed by atoms with Crippen LogP contribution in [0.3, 0.4) is 0 Å². The normalized spacial score (nSPS) is 14.6. The second kappa shape index (κ2) is 9.43. The summed E-state index contributed by atoms with van der Waals surface area (Å²) in [6.45, 7) is 0. The van der Waals surface area contributed by atoms with Crippen LogP contribution in [0.2, 0.25) is 0 Å². The van der Waals surface area contributed by atoms with Gasteiger partial charge in [0.1, 0.15) is 23.5 Å². The molecule has 176 valence electrons. The molecule has 0 bridgehead atoms. The van der Waals surface area contributed by atoms with Crippen LogP contribution >= 0.6 is 23.1 Å². The van der Waals surface area contributed by atoms with Crippen molar-refractivity contribution in [3.05, 3.63) is 62.9 Å². The number of fused-ring (bicyclic) bond motifs is 2. The summed E-state index contributed by atoms with van der Waals surface area (Å²) >= 11 is 2.67. The highest BCUT2D eigenvalue weighted by Gasteiger charge is 2.22.